The van der Waals surface area contributed by atoms with E-state index in [0.29, 0.717) is 18.1 Å². The third kappa shape index (κ3) is 4.44. The first-order valence-corrected chi connectivity index (χ1v) is 11.6. The number of benzene rings is 3. The largest absolute Gasteiger partial charge is 0.489 e. The number of halogens is 1. The summed E-state index contributed by atoms with van der Waals surface area (Å²) in [7, 11) is 0. The van der Waals surface area contributed by atoms with Crippen LogP contribution in [0.15, 0.2) is 90.1 Å². The van der Waals surface area contributed by atoms with Crippen LogP contribution in [0.4, 0.5) is 5.69 Å². The molecule has 0 saturated heterocycles. The molecule has 0 fully saturated rings. The molecule has 1 unspecified atom stereocenters. The molecule has 0 spiro atoms. The van der Waals surface area contributed by atoms with Crippen molar-refractivity contribution in [3.63, 3.8) is 0 Å². The van der Waals surface area contributed by atoms with E-state index in [1.54, 1.807) is 4.90 Å². The summed E-state index contributed by atoms with van der Waals surface area (Å²) in [5, 5.41) is 0.696. The topological polar surface area (TPSA) is 46.6 Å². The molecule has 0 N–H and O–H groups in total. The number of ether oxygens (including phenoxy) is 1. The number of anilines is 1. The van der Waals surface area contributed by atoms with Crippen LogP contribution in [-0.2, 0) is 16.2 Å². The zero-order chi connectivity index (χ0) is 22.8. The lowest BCUT2D eigenvalue weighted by Gasteiger charge is -2.38. The molecule has 5 rings (SSSR count). The molecule has 33 heavy (non-hydrogen) atoms. The average Bonchev–Trinajstić information content (AvgIpc) is 2.84. The fraction of sp³-hybridized carbons (Fsp3) is 0.214. The summed E-state index contributed by atoms with van der Waals surface area (Å²) in [5.74, 6) is 0.706. The van der Waals surface area contributed by atoms with Crippen LogP contribution in [0.5, 0.6) is 5.75 Å². The molecule has 0 aromatic heterocycles. The lowest BCUT2D eigenvalue weighted by Crippen LogP contribution is -2.40. The van der Waals surface area contributed by atoms with E-state index in [2.05, 4.69) is 0 Å². The summed E-state index contributed by atoms with van der Waals surface area (Å²) in [6, 6.07) is 24.9. The monoisotopic (exact) mass is 457 g/mol. The summed E-state index contributed by atoms with van der Waals surface area (Å²) in [6.07, 6.45) is 2.33. The van der Waals surface area contributed by atoms with Crippen LogP contribution in [0.25, 0.3) is 0 Å². The molecule has 0 bridgehead atoms. The Balaban J connectivity index is 1.41. The molecule has 5 heteroatoms. The molecule has 2 aliphatic rings. The summed E-state index contributed by atoms with van der Waals surface area (Å²) >= 11 is 5.94. The number of carbonyl (C=O) groups excluding carboxylic acids is 2. The summed E-state index contributed by atoms with van der Waals surface area (Å²) in [6.45, 7) is 0.443. The van der Waals surface area contributed by atoms with Gasteiger partial charge in [-0.25, -0.2) is 0 Å². The summed E-state index contributed by atoms with van der Waals surface area (Å²) < 4.78 is 5.90. The second-order valence-corrected chi connectivity index (χ2v) is 8.88. The molecule has 0 saturated carbocycles. The second-order valence-electron chi connectivity index (χ2n) is 8.44. The number of rotatable bonds is 5. The van der Waals surface area contributed by atoms with Gasteiger partial charge in [0, 0.05) is 40.7 Å². The molecule has 1 heterocycles. The Hall–Kier alpha value is -3.37. The van der Waals surface area contributed by atoms with Crippen molar-refractivity contribution >= 4 is 29.0 Å². The maximum absolute atomic E-state index is 13.2. The Morgan fingerprint density at radius 2 is 1.61 bits per heavy atom. The van der Waals surface area contributed by atoms with Gasteiger partial charge >= 0.3 is 0 Å². The SMILES string of the molecule is O=C1CCCC2=C1C(c1ccc(OCc3ccc(Cl)cc3)cc1)CC(=O)N2c1ccccc1. The average molecular weight is 458 g/mol. The van der Waals surface area contributed by atoms with Crippen molar-refractivity contribution in [3.8, 4) is 5.75 Å². The number of allylic oxidation sites excluding steroid dienone is 2. The van der Waals surface area contributed by atoms with E-state index in [0.717, 1.165) is 46.7 Å². The van der Waals surface area contributed by atoms with Crippen LogP contribution in [0, 0.1) is 0 Å². The summed E-state index contributed by atoms with van der Waals surface area (Å²) in [5.41, 5.74) is 4.48. The number of carbonyl (C=O) groups is 2. The highest BCUT2D eigenvalue weighted by Gasteiger charge is 2.39. The fourth-order valence-corrected chi connectivity index (χ4v) is 4.82. The standard InChI is InChI=1S/C28H24ClNO3/c29-21-13-9-19(10-14-21)18-33-23-15-11-20(12-16-23)24-17-27(32)30(22-5-2-1-3-6-22)25-7-4-8-26(31)28(24)25/h1-3,5-6,9-16,24H,4,7-8,17-18H2. The van der Waals surface area contributed by atoms with Crippen molar-refractivity contribution in [1.82, 2.24) is 0 Å². The minimum absolute atomic E-state index is 0.0303. The van der Waals surface area contributed by atoms with Gasteiger partial charge in [0.05, 0.1) is 0 Å². The maximum Gasteiger partial charge on any atom is 0.232 e. The first kappa shape index (κ1) is 21.5. The highest BCUT2D eigenvalue weighted by atomic mass is 35.5. The van der Waals surface area contributed by atoms with Gasteiger partial charge in [0.1, 0.15) is 12.4 Å². The number of nitrogens with zero attached hydrogens (tertiary/aromatic N) is 1. The fourth-order valence-electron chi connectivity index (χ4n) is 4.70. The van der Waals surface area contributed by atoms with Gasteiger partial charge in [-0.2, -0.15) is 0 Å². The number of hydrogen-bond acceptors (Lipinski definition) is 3. The highest BCUT2D eigenvalue weighted by Crippen LogP contribution is 2.43. The molecule has 1 aliphatic carbocycles. The Bertz CT molecular complexity index is 1200. The van der Waals surface area contributed by atoms with Gasteiger partial charge in [0.2, 0.25) is 5.91 Å². The van der Waals surface area contributed by atoms with Crippen molar-refractivity contribution in [2.24, 2.45) is 0 Å². The lowest BCUT2D eigenvalue weighted by atomic mass is 9.77. The first-order chi connectivity index (χ1) is 16.1. The molecule has 3 aromatic rings. The van der Waals surface area contributed by atoms with Gasteiger partial charge in [-0.3, -0.25) is 14.5 Å². The smallest absolute Gasteiger partial charge is 0.232 e. The van der Waals surface area contributed by atoms with E-state index in [-0.39, 0.29) is 24.0 Å². The van der Waals surface area contributed by atoms with E-state index in [4.69, 9.17) is 16.3 Å². The van der Waals surface area contributed by atoms with Crippen LogP contribution < -0.4 is 9.64 Å². The first-order valence-electron chi connectivity index (χ1n) is 11.2. The Morgan fingerprint density at radius 3 is 2.33 bits per heavy atom. The number of para-hydroxylation sites is 1. The Labute approximate surface area is 198 Å². The van der Waals surface area contributed by atoms with Crippen LogP contribution in [0.3, 0.4) is 0 Å². The molecule has 166 valence electrons. The zero-order valence-corrected chi connectivity index (χ0v) is 18.9. The predicted octanol–water partition coefficient (Wildman–Crippen LogP) is 6.45. The van der Waals surface area contributed by atoms with Crippen LogP contribution in [0.1, 0.15) is 42.7 Å². The Kier molecular flexibility index (Phi) is 6.01. The van der Waals surface area contributed by atoms with Crippen LogP contribution in [0.2, 0.25) is 5.02 Å². The van der Waals surface area contributed by atoms with Crippen LogP contribution >= 0.6 is 11.6 Å². The normalized spacial score (nSPS) is 18.3. The molecular formula is C28H24ClNO3. The molecule has 1 aliphatic heterocycles. The third-order valence-corrected chi connectivity index (χ3v) is 6.54. The predicted molar refractivity (Wildman–Crippen MR) is 129 cm³/mol. The maximum atomic E-state index is 13.2. The lowest BCUT2D eigenvalue weighted by molar-refractivity contribution is -0.119. The van der Waals surface area contributed by atoms with Gasteiger partial charge in [-0.15, -0.1) is 0 Å². The van der Waals surface area contributed by atoms with Crippen molar-refractivity contribution in [2.75, 3.05) is 4.90 Å². The van der Waals surface area contributed by atoms with Gasteiger partial charge in [-0.05, 0) is 60.4 Å². The van der Waals surface area contributed by atoms with Gasteiger partial charge in [0.25, 0.3) is 0 Å². The van der Waals surface area contributed by atoms with E-state index >= 15 is 0 Å². The minimum atomic E-state index is -0.217. The van der Waals surface area contributed by atoms with Crippen molar-refractivity contribution in [2.45, 2.75) is 38.2 Å². The molecule has 1 atom stereocenters. The molecule has 0 radical (unpaired) electrons. The molecular weight excluding hydrogens is 434 g/mol. The zero-order valence-electron chi connectivity index (χ0n) is 18.2. The number of hydrogen-bond donors (Lipinski definition) is 0. The Morgan fingerprint density at radius 1 is 0.879 bits per heavy atom. The van der Waals surface area contributed by atoms with Gasteiger partial charge < -0.3 is 4.74 Å². The molecule has 1 amide bonds. The third-order valence-electron chi connectivity index (χ3n) is 6.29. The quantitative estimate of drug-likeness (QED) is 0.442. The number of amides is 1. The van der Waals surface area contributed by atoms with Gasteiger partial charge in [0.15, 0.2) is 5.78 Å². The summed E-state index contributed by atoms with van der Waals surface area (Å²) in [4.78, 5) is 28.0. The van der Waals surface area contributed by atoms with E-state index in [1.165, 1.54) is 0 Å². The van der Waals surface area contributed by atoms with Crippen molar-refractivity contribution in [1.29, 1.82) is 0 Å². The molecule has 3 aromatic carbocycles. The minimum Gasteiger partial charge on any atom is -0.489 e. The van der Waals surface area contributed by atoms with Crippen molar-refractivity contribution in [3.05, 3.63) is 106 Å². The number of Topliss-reactive ketones (excluding diaryl/α,β-unsaturated/α-hetero) is 1. The molecule has 4 nitrogen and oxygen atoms in total. The second kappa shape index (κ2) is 9.24. The van der Waals surface area contributed by atoms with E-state index in [9.17, 15) is 9.59 Å². The van der Waals surface area contributed by atoms with E-state index < -0.39 is 0 Å². The van der Waals surface area contributed by atoms with E-state index in [1.807, 2.05) is 78.9 Å². The van der Waals surface area contributed by atoms with Crippen molar-refractivity contribution < 1.29 is 14.3 Å². The number of ketones is 1. The van der Waals surface area contributed by atoms with Gasteiger partial charge in [-0.1, -0.05) is 54.1 Å². The highest BCUT2D eigenvalue weighted by molar-refractivity contribution is 6.30. The van der Waals surface area contributed by atoms with Crippen LogP contribution in [-0.4, -0.2) is 11.7 Å².